The van der Waals surface area contributed by atoms with Crippen LogP contribution in [0.4, 0.5) is 5.95 Å². The normalized spacial score (nSPS) is 11.8. The van der Waals surface area contributed by atoms with Gasteiger partial charge in [0.15, 0.2) is 5.78 Å². The van der Waals surface area contributed by atoms with Crippen LogP contribution in [-0.4, -0.2) is 38.5 Å². The van der Waals surface area contributed by atoms with Crippen molar-refractivity contribution in [3.05, 3.63) is 46.8 Å². The lowest BCUT2D eigenvalue weighted by molar-refractivity contribution is -0.141. The zero-order valence-electron chi connectivity index (χ0n) is 16.5. The minimum absolute atomic E-state index is 0.0480. The van der Waals surface area contributed by atoms with Gasteiger partial charge in [-0.05, 0) is 50.8 Å². The molecule has 1 heterocycles. The molecule has 1 aromatic carbocycles. The van der Waals surface area contributed by atoms with Crippen molar-refractivity contribution in [2.24, 2.45) is 5.92 Å². The Balaban J connectivity index is 1.97. The third-order valence-corrected chi connectivity index (χ3v) is 4.66. The number of carbonyl (C=O) groups excluding carboxylic acids is 1. The molecule has 0 fully saturated rings. The molecule has 0 unspecified atom stereocenters. The van der Waals surface area contributed by atoms with E-state index < -0.39 is 11.9 Å². The summed E-state index contributed by atoms with van der Waals surface area (Å²) in [4.78, 5) is 32.4. The molecule has 0 saturated carbocycles. The number of ketones is 1. The van der Waals surface area contributed by atoms with Crippen LogP contribution < -0.4 is 5.32 Å². The van der Waals surface area contributed by atoms with E-state index in [-0.39, 0.29) is 18.0 Å². The molecule has 0 saturated heterocycles. The van der Waals surface area contributed by atoms with Crippen LogP contribution >= 0.6 is 0 Å². The van der Waals surface area contributed by atoms with Gasteiger partial charge in [0.1, 0.15) is 5.75 Å². The summed E-state index contributed by atoms with van der Waals surface area (Å²) in [6.45, 7) is 5.88. The van der Waals surface area contributed by atoms with Crippen molar-refractivity contribution in [2.75, 3.05) is 11.9 Å². The Morgan fingerprint density at radius 3 is 2.43 bits per heavy atom. The first-order valence-electron chi connectivity index (χ1n) is 9.44. The van der Waals surface area contributed by atoms with Gasteiger partial charge >= 0.3 is 5.97 Å². The third kappa shape index (κ3) is 5.77. The van der Waals surface area contributed by atoms with Crippen LogP contribution in [0.1, 0.15) is 53.5 Å². The number of hydrogen-bond donors (Lipinski definition) is 3. The predicted molar refractivity (Wildman–Crippen MR) is 107 cm³/mol. The van der Waals surface area contributed by atoms with E-state index in [1.54, 1.807) is 32.9 Å². The molecular formula is C21H27N3O4. The number of phenolic OH excluding ortho intramolecular Hbond substituents is 1. The molecule has 1 atom stereocenters. The molecular weight excluding hydrogens is 358 g/mol. The van der Waals surface area contributed by atoms with E-state index in [0.717, 1.165) is 18.4 Å². The molecule has 3 N–H and O–H groups in total. The maximum atomic E-state index is 12.5. The number of carboxylic acid groups (broad SMARTS) is 1. The van der Waals surface area contributed by atoms with Crippen molar-refractivity contribution >= 4 is 17.7 Å². The number of Topliss-reactive ketones (excluding diaryl/α,β-unsaturated/α-hetero) is 1. The van der Waals surface area contributed by atoms with Crippen LogP contribution in [0.2, 0.25) is 0 Å². The van der Waals surface area contributed by atoms with E-state index >= 15 is 0 Å². The molecule has 0 aliphatic carbocycles. The van der Waals surface area contributed by atoms with Crippen LogP contribution in [0, 0.1) is 19.8 Å². The monoisotopic (exact) mass is 385 g/mol. The van der Waals surface area contributed by atoms with Gasteiger partial charge in [0.05, 0.1) is 22.9 Å². The van der Waals surface area contributed by atoms with E-state index in [0.29, 0.717) is 35.9 Å². The standard InChI is InChI=1S/C21H27N3O4/c1-4-16(20(27)28)12-18(26)19-13(2)23-21(24-14(19)3)22-10-6-8-15-7-5-9-17(25)11-15/h5,7,9,11,16,25H,4,6,8,10,12H2,1-3H3,(H,27,28)(H,22,23,24)/t16-/m1/s1. The van der Waals surface area contributed by atoms with Crippen molar-refractivity contribution < 1.29 is 19.8 Å². The second-order valence-corrected chi connectivity index (χ2v) is 6.86. The van der Waals surface area contributed by atoms with Crippen LogP contribution in [0.3, 0.4) is 0 Å². The molecule has 2 rings (SSSR count). The lowest BCUT2D eigenvalue weighted by atomic mass is 9.95. The van der Waals surface area contributed by atoms with Crippen molar-refractivity contribution in [1.29, 1.82) is 0 Å². The Kier molecular flexibility index (Phi) is 7.49. The number of carbonyl (C=O) groups is 2. The maximum Gasteiger partial charge on any atom is 0.306 e. The highest BCUT2D eigenvalue weighted by Gasteiger charge is 2.23. The van der Waals surface area contributed by atoms with Gasteiger partial charge in [-0.3, -0.25) is 9.59 Å². The highest BCUT2D eigenvalue weighted by molar-refractivity contribution is 5.99. The quantitative estimate of drug-likeness (QED) is 0.423. The molecule has 0 radical (unpaired) electrons. The predicted octanol–water partition coefficient (Wildman–Crippen LogP) is 3.53. The fraction of sp³-hybridized carbons (Fsp3) is 0.429. The number of carboxylic acids is 1. The average Bonchev–Trinajstić information content (AvgIpc) is 2.62. The molecule has 28 heavy (non-hydrogen) atoms. The summed E-state index contributed by atoms with van der Waals surface area (Å²) in [6, 6.07) is 7.16. The van der Waals surface area contributed by atoms with Gasteiger partial charge in [0, 0.05) is 13.0 Å². The molecule has 0 bridgehead atoms. The molecule has 0 amide bonds. The molecule has 0 aliphatic rings. The first-order chi connectivity index (χ1) is 13.3. The largest absolute Gasteiger partial charge is 0.508 e. The minimum Gasteiger partial charge on any atom is -0.508 e. The Hall–Kier alpha value is -2.96. The van der Waals surface area contributed by atoms with E-state index in [4.69, 9.17) is 5.11 Å². The lowest BCUT2D eigenvalue weighted by Crippen LogP contribution is -2.19. The summed E-state index contributed by atoms with van der Waals surface area (Å²) >= 11 is 0. The van der Waals surface area contributed by atoms with Crippen LogP contribution in [0.25, 0.3) is 0 Å². The topological polar surface area (TPSA) is 112 Å². The molecule has 150 valence electrons. The smallest absolute Gasteiger partial charge is 0.306 e. The first kappa shape index (κ1) is 21.3. The Morgan fingerprint density at radius 1 is 1.18 bits per heavy atom. The number of anilines is 1. The Labute approximate surface area is 164 Å². The molecule has 0 spiro atoms. The van der Waals surface area contributed by atoms with Gasteiger partial charge in [0.2, 0.25) is 5.95 Å². The SMILES string of the molecule is CC[C@H](CC(=O)c1c(C)nc(NCCCc2cccc(O)c2)nc1C)C(=O)O. The number of nitrogens with zero attached hydrogens (tertiary/aromatic N) is 2. The van der Waals surface area contributed by atoms with Gasteiger partial charge in [-0.1, -0.05) is 19.1 Å². The number of phenols is 1. The minimum atomic E-state index is -0.961. The Morgan fingerprint density at radius 2 is 1.86 bits per heavy atom. The van der Waals surface area contributed by atoms with E-state index in [1.165, 1.54) is 0 Å². The number of aromatic nitrogens is 2. The second-order valence-electron chi connectivity index (χ2n) is 6.86. The molecule has 7 nitrogen and oxygen atoms in total. The van der Waals surface area contributed by atoms with E-state index in [2.05, 4.69) is 15.3 Å². The number of aryl methyl sites for hydroxylation is 3. The van der Waals surface area contributed by atoms with Crippen LogP contribution in [0.15, 0.2) is 24.3 Å². The number of nitrogens with one attached hydrogen (secondary N) is 1. The summed E-state index contributed by atoms with van der Waals surface area (Å²) in [5, 5.41) is 21.8. The fourth-order valence-corrected chi connectivity index (χ4v) is 3.14. The zero-order chi connectivity index (χ0) is 20.7. The highest BCUT2D eigenvalue weighted by Crippen LogP contribution is 2.19. The van der Waals surface area contributed by atoms with Gasteiger partial charge in [-0.25, -0.2) is 9.97 Å². The summed E-state index contributed by atoms with van der Waals surface area (Å²) in [5.74, 6) is -1.18. The number of aromatic hydroxyl groups is 1. The van der Waals surface area contributed by atoms with E-state index in [1.807, 2.05) is 12.1 Å². The molecule has 0 aliphatic heterocycles. The van der Waals surface area contributed by atoms with Gasteiger partial charge < -0.3 is 15.5 Å². The van der Waals surface area contributed by atoms with Crippen LogP contribution in [-0.2, 0) is 11.2 Å². The zero-order valence-corrected chi connectivity index (χ0v) is 16.5. The average molecular weight is 385 g/mol. The molecule has 1 aromatic heterocycles. The van der Waals surface area contributed by atoms with Crippen LogP contribution in [0.5, 0.6) is 5.75 Å². The van der Waals surface area contributed by atoms with E-state index in [9.17, 15) is 14.7 Å². The number of aliphatic carboxylic acids is 1. The van der Waals surface area contributed by atoms with Crippen molar-refractivity contribution in [3.63, 3.8) is 0 Å². The third-order valence-electron chi connectivity index (χ3n) is 4.66. The Bertz CT molecular complexity index is 828. The lowest BCUT2D eigenvalue weighted by Gasteiger charge is -2.13. The van der Waals surface area contributed by atoms with Gasteiger partial charge in [-0.15, -0.1) is 0 Å². The maximum absolute atomic E-state index is 12.5. The molecule has 2 aromatic rings. The second kappa shape index (κ2) is 9.82. The van der Waals surface area contributed by atoms with Gasteiger partial charge in [0.25, 0.3) is 0 Å². The number of benzene rings is 1. The fourth-order valence-electron chi connectivity index (χ4n) is 3.14. The van der Waals surface area contributed by atoms with Crippen molar-refractivity contribution in [3.8, 4) is 5.75 Å². The van der Waals surface area contributed by atoms with Crippen molar-refractivity contribution in [1.82, 2.24) is 9.97 Å². The number of hydrogen-bond acceptors (Lipinski definition) is 6. The summed E-state index contributed by atoms with van der Waals surface area (Å²) < 4.78 is 0. The highest BCUT2D eigenvalue weighted by atomic mass is 16.4. The summed E-state index contributed by atoms with van der Waals surface area (Å²) in [7, 11) is 0. The summed E-state index contributed by atoms with van der Waals surface area (Å²) in [6.07, 6.45) is 2.00. The van der Waals surface area contributed by atoms with Gasteiger partial charge in [-0.2, -0.15) is 0 Å². The first-order valence-corrected chi connectivity index (χ1v) is 9.44. The number of rotatable bonds is 10. The molecule has 7 heteroatoms. The van der Waals surface area contributed by atoms with Crippen molar-refractivity contribution in [2.45, 2.75) is 46.5 Å². The summed E-state index contributed by atoms with van der Waals surface area (Å²) in [5.41, 5.74) is 2.56.